The van der Waals surface area contributed by atoms with Gasteiger partial charge in [0.05, 0.1) is 4.92 Å². The first kappa shape index (κ1) is 13.5. The Morgan fingerprint density at radius 1 is 1.47 bits per heavy atom. The van der Waals surface area contributed by atoms with E-state index in [2.05, 4.69) is 0 Å². The lowest BCUT2D eigenvalue weighted by Crippen LogP contribution is -2.43. The minimum absolute atomic E-state index is 0.0429. The van der Waals surface area contributed by atoms with E-state index >= 15 is 0 Å². The number of rotatable bonds is 4. The molecule has 0 saturated carbocycles. The van der Waals surface area contributed by atoms with Gasteiger partial charge in [-0.15, -0.1) is 0 Å². The van der Waals surface area contributed by atoms with Crippen molar-refractivity contribution in [3.63, 3.8) is 0 Å². The zero-order chi connectivity index (χ0) is 13.8. The Morgan fingerprint density at radius 3 is 2.95 bits per heavy atom. The zero-order valence-corrected chi connectivity index (χ0v) is 10.5. The lowest BCUT2D eigenvalue weighted by molar-refractivity contribution is -0.384. The van der Waals surface area contributed by atoms with Crippen molar-refractivity contribution in [3.8, 4) is 0 Å². The van der Waals surface area contributed by atoms with E-state index < -0.39 is 16.9 Å². The summed E-state index contributed by atoms with van der Waals surface area (Å²) in [6, 6.07) is 5.89. The molecule has 0 spiro atoms. The third-order valence-electron chi connectivity index (χ3n) is 3.41. The van der Waals surface area contributed by atoms with Crippen LogP contribution in [-0.2, 0) is 11.3 Å². The van der Waals surface area contributed by atoms with E-state index in [1.165, 1.54) is 12.1 Å². The summed E-state index contributed by atoms with van der Waals surface area (Å²) in [5.41, 5.74) is 0.823. The van der Waals surface area contributed by atoms with Crippen LogP contribution >= 0.6 is 0 Å². The van der Waals surface area contributed by atoms with Gasteiger partial charge in [-0.2, -0.15) is 0 Å². The molecule has 1 aromatic rings. The summed E-state index contributed by atoms with van der Waals surface area (Å²) in [5, 5.41) is 19.9. The Kier molecular flexibility index (Phi) is 4.11. The summed E-state index contributed by atoms with van der Waals surface area (Å²) in [7, 11) is 0. The normalized spacial score (nSPS) is 20.1. The molecule has 1 saturated heterocycles. The van der Waals surface area contributed by atoms with Gasteiger partial charge in [0.2, 0.25) is 0 Å². The number of carboxylic acid groups (broad SMARTS) is 1. The lowest BCUT2D eigenvalue weighted by atomic mass is 10.0. The smallest absolute Gasteiger partial charge is 0.320 e. The van der Waals surface area contributed by atoms with E-state index in [1.807, 2.05) is 4.90 Å². The molecule has 2 rings (SSSR count). The Labute approximate surface area is 110 Å². The molecule has 0 amide bonds. The summed E-state index contributed by atoms with van der Waals surface area (Å²) in [6.45, 7) is 1.16. The van der Waals surface area contributed by atoms with Gasteiger partial charge >= 0.3 is 5.97 Å². The molecule has 1 unspecified atom stereocenters. The number of aliphatic carboxylic acids is 1. The maximum absolute atomic E-state index is 11.2. The first-order valence-electron chi connectivity index (χ1n) is 6.28. The maximum atomic E-state index is 11.2. The standard InChI is InChI=1S/C13H16N2O4/c16-13(17)12-6-1-2-7-14(12)9-10-4-3-5-11(8-10)15(18)19/h3-5,8,12H,1-2,6-7,9H2,(H,16,17). The second kappa shape index (κ2) is 5.79. The highest BCUT2D eigenvalue weighted by molar-refractivity contribution is 5.73. The summed E-state index contributed by atoms with van der Waals surface area (Å²) < 4.78 is 0. The molecule has 0 radical (unpaired) electrons. The van der Waals surface area contributed by atoms with E-state index in [0.29, 0.717) is 13.0 Å². The highest BCUT2D eigenvalue weighted by Crippen LogP contribution is 2.21. The molecule has 0 bridgehead atoms. The number of piperidine rings is 1. The van der Waals surface area contributed by atoms with Crippen molar-refractivity contribution in [1.82, 2.24) is 4.90 Å². The number of carboxylic acids is 1. The predicted molar refractivity (Wildman–Crippen MR) is 68.8 cm³/mol. The average Bonchev–Trinajstić information content (AvgIpc) is 2.39. The number of hydrogen-bond acceptors (Lipinski definition) is 4. The Hall–Kier alpha value is -1.95. The number of carbonyl (C=O) groups is 1. The highest BCUT2D eigenvalue weighted by Gasteiger charge is 2.28. The highest BCUT2D eigenvalue weighted by atomic mass is 16.6. The van der Waals surface area contributed by atoms with Crippen LogP contribution in [0, 0.1) is 10.1 Å². The molecule has 1 aromatic carbocycles. The van der Waals surface area contributed by atoms with Gasteiger partial charge in [-0.05, 0) is 24.9 Å². The number of hydrogen-bond donors (Lipinski definition) is 1. The third-order valence-corrected chi connectivity index (χ3v) is 3.41. The first-order chi connectivity index (χ1) is 9.08. The SMILES string of the molecule is O=C(O)C1CCCCN1Cc1cccc([N+](=O)[O-])c1. The Bertz CT molecular complexity index is 489. The molecule has 19 heavy (non-hydrogen) atoms. The number of nitro benzene ring substituents is 1. The number of nitro groups is 1. The molecule has 1 N–H and O–H groups in total. The van der Waals surface area contributed by atoms with Gasteiger partial charge in [-0.25, -0.2) is 0 Å². The van der Waals surface area contributed by atoms with Crippen LogP contribution in [0.2, 0.25) is 0 Å². The molecule has 1 fully saturated rings. The Morgan fingerprint density at radius 2 is 2.26 bits per heavy atom. The number of likely N-dealkylation sites (tertiary alicyclic amines) is 1. The van der Waals surface area contributed by atoms with Crippen LogP contribution in [0.5, 0.6) is 0 Å². The number of non-ortho nitro benzene ring substituents is 1. The van der Waals surface area contributed by atoms with Crippen LogP contribution in [-0.4, -0.2) is 33.5 Å². The van der Waals surface area contributed by atoms with Crippen LogP contribution in [0.3, 0.4) is 0 Å². The molecule has 6 nitrogen and oxygen atoms in total. The molecule has 1 aliphatic heterocycles. The van der Waals surface area contributed by atoms with Crippen molar-refractivity contribution in [1.29, 1.82) is 0 Å². The second-order valence-electron chi connectivity index (χ2n) is 4.75. The monoisotopic (exact) mass is 264 g/mol. The lowest BCUT2D eigenvalue weighted by Gasteiger charge is -2.32. The van der Waals surface area contributed by atoms with Gasteiger partial charge in [-0.3, -0.25) is 19.8 Å². The summed E-state index contributed by atoms with van der Waals surface area (Å²) in [6.07, 6.45) is 2.53. The van der Waals surface area contributed by atoms with Crippen molar-refractivity contribution in [2.45, 2.75) is 31.8 Å². The van der Waals surface area contributed by atoms with E-state index in [-0.39, 0.29) is 5.69 Å². The van der Waals surface area contributed by atoms with E-state index in [4.69, 9.17) is 0 Å². The van der Waals surface area contributed by atoms with Gasteiger partial charge < -0.3 is 5.11 Å². The zero-order valence-electron chi connectivity index (χ0n) is 10.5. The van der Waals surface area contributed by atoms with E-state index in [9.17, 15) is 20.0 Å². The minimum atomic E-state index is -0.815. The fraction of sp³-hybridized carbons (Fsp3) is 0.462. The fourth-order valence-corrected chi connectivity index (χ4v) is 2.46. The molecular weight excluding hydrogens is 248 g/mol. The topological polar surface area (TPSA) is 83.7 Å². The van der Waals surface area contributed by atoms with Crippen LogP contribution < -0.4 is 0 Å². The molecule has 1 heterocycles. The largest absolute Gasteiger partial charge is 0.480 e. The molecule has 6 heteroatoms. The number of benzene rings is 1. The quantitative estimate of drug-likeness (QED) is 0.664. The van der Waals surface area contributed by atoms with Crippen molar-refractivity contribution >= 4 is 11.7 Å². The third kappa shape index (κ3) is 3.29. The minimum Gasteiger partial charge on any atom is -0.480 e. The van der Waals surface area contributed by atoms with Crippen molar-refractivity contribution in [3.05, 3.63) is 39.9 Å². The van der Waals surface area contributed by atoms with E-state index in [0.717, 1.165) is 24.9 Å². The number of nitrogens with zero attached hydrogens (tertiary/aromatic N) is 2. The van der Waals surface area contributed by atoms with Crippen molar-refractivity contribution in [2.24, 2.45) is 0 Å². The molecule has 1 atom stereocenters. The molecular formula is C13H16N2O4. The second-order valence-corrected chi connectivity index (χ2v) is 4.75. The molecule has 1 aliphatic rings. The van der Waals surface area contributed by atoms with Crippen LogP contribution in [0.1, 0.15) is 24.8 Å². The molecule has 102 valence electrons. The maximum Gasteiger partial charge on any atom is 0.320 e. The average molecular weight is 264 g/mol. The van der Waals surface area contributed by atoms with Gasteiger partial charge in [-0.1, -0.05) is 18.6 Å². The van der Waals surface area contributed by atoms with Crippen molar-refractivity contribution in [2.75, 3.05) is 6.54 Å². The van der Waals surface area contributed by atoms with Gasteiger partial charge in [0.1, 0.15) is 6.04 Å². The van der Waals surface area contributed by atoms with Crippen LogP contribution in [0.4, 0.5) is 5.69 Å². The first-order valence-corrected chi connectivity index (χ1v) is 6.28. The van der Waals surface area contributed by atoms with E-state index in [1.54, 1.807) is 12.1 Å². The Balaban J connectivity index is 2.12. The van der Waals surface area contributed by atoms with Gasteiger partial charge in [0, 0.05) is 18.7 Å². The van der Waals surface area contributed by atoms with Crippen LogP contribution in [0.15, 0.2) is 24.3 Å². The summed E-state index contributed by atoms with van der Waals surface area (Å²) >= 11 is 0. The predicted octanol–water partition coefficient (Wildman–Crippen LogP) is 2.03. The van der Waals surface area contributed by atoms with Gasteiger partial charge in [0.15, 0.2) is 0 Å². The summed E-state index contributed by atoms with van der Waals surface area (Å²) in [4.78, 5) is 23.3. The fourth-order valence-electron chi connectivity index (χ4n) is 2.46. The van der Waals surface area contributed by atoms with Crippen molar-refractivity contribution < 1.29 is 14.8 Å². The molecule has 0 aliphatic carbocycles. The summed E-state index contributed by atoms with van der Waals surface area (Å²) in [5.74, 6) is -0.815. The van der Waals surface area contributed by atoms with Gasteiger partial charge in [0.25, 0.3) is 5.69 Å². The van der Waals surface area contributed by atoms with Crippen LogP contribution in [0.25, 0.3) is 0 Å². The molecule has 0 aromatic heterocycles.